The van der Waals surface area contributed by atoms with E-state index < -0.39 is 59.7 Å². The van der Waals surface area contributed by atoms with Gasteiger partial charge in [0, 0.05) is 93.0 Å². The quantitative estimate of drug-likeness (QED) is 0.0308. The van der Waals surface area contributed by atoms with Crippen LogP contribution in [0.25, 0.3) is 0 Å². The zero-order valence-electron chi connectivity index (χ0n) is 51.1. The van der Waals surface area contributed by atoms with Crippen molar-refractivity contribution in [1.82, 2.24) is 46.2 Å². The molecule has 12 rings (SSSR count). The van der Waals surface area contributed by atoms with Gasteiger partial charge in [-0.05, 0) is 122 Å². The Kier molecular flexibility index (Phi) is 19.9. The Labute approximate surface area is 534 Å². The van der Waals surface area contributed by atoms with Crippen molar-refractivity contribution in [3.63, 3.8) is 0 Å². The maximum Gasteiger partial charge on any atom is 0.311 e. The van der Waals surface area contributed by atoms with Crippen molar-refractivity contribution < 1.29 is 81.3 Å². The van der Waals surface area contributed by atoms with E-state index in [4.69, 9.17) is 18.9 Å². The number of nitrogens with one attached hydrogen (secondary N) is 5. The van der Waals surface area contributed by atoms with Crippen molar-refractivity contribution in [1.29, 1.82) is 0 Å². The maximum atomic E-state index is 13.2. The molecule has 8 aliphatic heterocycles. The molecule has 26 heteroatoms. The van der Waals surface area contributed by atoms with Gasteiger partial charge in [-0.1, -0.05) is 49.0 Å². The second kappa shape index (κ2) is 28.7. The number of rotatable bonds is 23. The summed E-state index contributed by atoms with van der Waals surface area (Å²) in [6.07, 6.45) is 5.87. The lowest BCUT2D eigenvalue weighted by Crippen LogP contribution is -2.52. The van der Waals surface area contributed by atoms with Crippen LogP contribution < -0.4 is 36.1 Å². The third-order valence-electron chi connectivity index (χ3n) is 17.8. The predicted octanol–water partition coefficient (Wildman–Crippen LogP) is 2.88. The number of benzene rings is 4. The SMILES string of the molecule is C=C1CCC(N2Cc3c(CCCOCCOCCCc4cccc5c4CN(C4CCC(=O)NC4=O)C5=O)cccc3C2=O)C(=O)N1.O=C(COc1cccc2c1CN(C1CCC(=O)NC1=O)C2=O)NCCCC(=O)Oc1cccc2c1C(=O)N(C1CCC(=O)NC1=O)C2. The number of hydrogen-bond acceptors (Lipinski definition) is 17. The summed E-state index contributed by atoms with van der Waals surface area (Å²) in [5.41, 5.74) is 7.87. The first-order valence-corrected chi connectivity index (χ1v) is 31.4. The molecule has 0 aliphatic carbocycles. The van der Waals surface area contributed by atoms with Gasteiger partial charge in [0.25, 0.3) is 29.5 Å². The third-order valence-corrected chi connectivity index (χ3v) is 17.8. The summed E-state index contributed by atoms with van der Waals surface area (Å²) in [5, 5.41) is 12.3. The van der Waals surface area contributed by atoms with Crippen molar-refractivity contribution in [2.24, 2.45) is 0 Å². The Balaban J connectivity index is 0.000000190. The normalized spacial score (nSPS) is 20.7. The molecule has 4 aromatic rings. The number of esters is 1. The van der Waals surface area contributed by atoms with Crippen LogP contribution >= 0.6 is 0 Å². The highest BCUT2D eigenvalue weighted by Gasteiger charge is 2.44. The smallest absolute Gasteiger partial charge is 0.311 e. The summed E-state index contributed by atoms with van der Waals surface area (Å²) in [6.45, 7) is 6.80. The monoisotopic (exact) mass is 1270 g/mol. The highest BCUT2D eigenvalue weighted by molar-refractivity contribution is 6.09. The Bertz CT molecular complexity index is 3660. The molecule has 93 heavy (non-hydrogen) atoms. The Hall–Kier alpha value is -9.95. The topological polar surface area (TPSA) is 332 Å². The van der Waals surface area contributed by atoms with E-state index in [0.717, 1.165) is 47.9 Å². The largest absolute Gasteiger partial charge is 0.483 e. The molecular formula is C67H71N9O17. The fraction of sp³-hybridized carbons (Fsp3) is 0.418. The van der Waals surface area contributed by atoms with E-state index in [1.54, 1.807) is 46.2 Å². The highest BCUT2D eigenvalue weighted by Crippen LogP contribution is 2.37. The molecular weight excluding hydrogens is 1200 g/mol. The predicted molar refractivity (Wildman–Crippen MR) is 326 cm³/mol. The van der Waals surface area contributed by atoms with Gasteiger partial charge in [-0.15, -0.1) is 0 Å². The number of allylic oxidation sites excluding steroid dienone is 1. The van der Waals surface area contributed by atoms with Crippen molar-refractivity contribution in [2.75, 3.05) is 39.6 Å². The van der Waals surface area contributed by atoms with Gasteiger partial charge in [-0.25, -0.2) is 0 Å². The molecule has 4 atom stereocenters. The number of fused-ring (bicyclic) bond motifs is 4. The molecule has 8 heterocycles. The second-order valence-corrected chi connectivity index (χ2v) is 23.9. The molecule has 0 aromatic heterocycles. The highest BCUT2D eigenvalue weighted by atomic mass is 16.5. The van der Waals surface area contributed by atoms with Gasteiger partial charge in [0.1, 0.15) is 35.7 Å². The number of amides is 12. The Morgan fingerprint density at radius 1 is 0.484 bits per heavy atom. The van der Waals surface area contributed by atoms with Crippen molar-refractivity contribution in [2.45, 2.75) is 140 Å². The van der Waals surface area contributed by atoms with Crippen LogP contribution in [0, 0.1) is 0 Å². The van der Waals surface area contributed by atoms with Gasteiger partial charge in [-0.2, -0.15) is 0 Å². The molecule has 26 nitrogen and oxygen atoms in total. The second-order valence-electron chi connectivity index (χ2n) is 23.9. The van der Waals surface area contributed by atoms with Crippen LogP contribution in [-0.4, -0.2) is 160 Å². The van der Waals surface area contributed by atoms with Crippen molar-refractivity contribution >= 4 is 76.9 Å². The fourth-order valence-corrected chi connectivity index (χ4v) is 13.1. The molecule has 0 radical (unpaired) electrons. The maximum absolute atomic E-state index is 13.2. The molecule has 4 aromatic carbocycles. The van der Waals surface area contributed by atoms with E-state index in [2.05, 4.69) is 33.2 Å². The minimum absolute atomic E-state index is 0.0552. The van der Waals surface area contributed by atoms with Crippen molar-refractivity contribution in [3.8, 4) is 11.5 Å². The number of carbonyl (C=O) groups excluding carboxylic acids is 13. The molecule has 4 fully saturated rings. The summed E-state index contributed by atoms with van der Waals surface area (Å²) in [6, 6.07) is 18.6. The lowest BCUT2D eigenvalue weighted by atomic mass is 10.00. The van der Waals surface area contributed by atoms with Gasteiger partial charge < -0.3 is 49.2 Å². The molecule has 0 saturated carbocycles. The summed E-state index contributed by atoms with van der Waals surface area (Å²) in [4.78, 5) is 167. The minimum Gasteiger partial charge on any atom is -0.483 e. The first-order chi connectivity index (χ1) is 44.9. The number of nitrogens with zero attached hydrogens (tertiary/aromatic N) is 4. The average Bonchev–Trinajstić information content (AvgIpc) is 1.70. The van der Waals surface area contributed by atoms with E-state index in [9.17, 15) is 62.3 Å². The number of imide groups is 3. The lowest BCUT2D eigenvalue weighted by molar-refractivity contribution is -0.138. The van der Waals surface area contributed by atoms with E-state index in [-0.39, 0.29) is 124 Å². The number of hydrogen-bond donors (Lipinski definition) is 5. The molecule has 8 aliphatic rings. The summed E-state index contributed by atoms with van der Waals surface area (Å²) in [5.74, 6) is -4.39. The van der Waals surface area contributed by atoms with Crippen LogP contribution in [0.4, 0.5) is 0 Å². The van der Waals surface area contributed by atoms with E-state index in [1.807, 2.05) is 30.3 Å². The van der Waals surface area contributed by atoms with Crippen LogP contribution in [0.5, 0.6) is 11.5 Å². The number of piperidine rings is 4. The fourth-order valence-electron chi connectivity index (χ4n) is 13.1. The molecule has 4 unspecified atom stereocenters. The van der Waals surface area contributed by atoms with Crippen LogP contribution in [0.2, 0.25) is 0 Å². The first kappa shape index (κ1) is 64.6. The molecule has 0 spiro atoms. The summed E-state index contributed by atoms with van der Waals surface area (Å²) >= 11 is 0. The van der Waals surface area contributed by atoms with Gasteiger partial charge in [0.05, 0.1) is 25.3 Å². The van der Waals surface area contributed by atoms with Crippen LogP contribution in [0.3, 0.4) is 0 Å². The zero-order chi connectivity index (χ0) is 65.4. The van der Waals surface area contributed by atoms with Crippen molar-refractivity contribution in [3.05, 3.63) is 141 Å². The standard InChI is InChI=1S/C35H40N4O7.C32H31N5O10/c1-22-12-13-29(32(41)36-22)38-20-27-23(6-2-10-25(27)34(38)43)8-4-16-45-18-19-46-17-5-9-24-7-3-11-26-28(24)21-39(35(26)44)30-14-15-31(40)37-33(30)42;38-24-11-9-20(29(42)34-24)36-14-17-4-1-7-23(28(17)32(36)45)47-27(41)8-3-13-33-26(40)16-46-22-6-2-5-18-19(22)15-37(31(18)44)21-10-12-25(39)35-30(21)43/h2-3,6-7,10-11,29-30H,1,4-5,8-9,12-21H2,(H,36,41)(H,37,40,42);1-2,4-7,20-21H,3,8-16H2,(H,33,40)(H,34,38,42)(H,35,39,43). The number of carbonyl (C=O) groups is 13. The van der Waals surface area contributed by atoms with Crippen LogP contribution in [0.1, 0.15) is 152 Å². The molecule has 486 valence electrons. The van der Waals surface area contributed by atoms with Gasteiger partial charge in [0.2, 0.25) is 41.4 Å². The van der Waals surface area contributed by atoms with E-state index in [1.165, 1.54) is 15.9 Å². The zero-order valence-corrected chi connectivity index (χ0v) is 51.1. The van der Waals surface area contributed by atoms with Gasteiger partial charge >= 0.3 is 5.97 Å². The molecule has 0 bridgehead atoms. The number of aryl methyl sites for hydroxylation is 2. The molecule has 5 N–H and O–H groups in total. The molecule has 4 saturated heterocycles. The summed E-state index contributed by atoms with van der Waals surface area (Å²) < 4.78 is 22.8. The Morgan fingerprint density at radius 2 is 0.925 bits per heavy atom. The minimum atomic E-state index is -0.790. The summed E-state index contributed by atoms with van der Waals surface area (Å²) in [7, 11) is 0. The van der Waals surface area contributed by atoms with Crippen LogP contribution in [0.15, 0.2) is 85.1 Å². The third kappa shape index (κ3) is 14.4. The first-order valence-electron chi connectivity index (χ1n) is 31.4. The molecule has 12 amide bonds. The number of ether oxygens (including phenoxy) is 4. The van der Waals surface area contributed by atoms with Gasteiger partial charge in [0.15, 0.2) is 6.61 Å². The average molecular weight is 1270 g/mol. The van der Waals surface area contributed by atoms with E-state index >= 15 is 0 Å². The lowest BCUT2D eigenvalue weighted by Gasteiger charge is -2.31. The van der Waals surface area contributed by atoms with Gasteiger partial charge in [-0.3, -0.25) is 78.3 Å². The Morgan fingerprint density at radius 3 is 1.43 bits per heavy atom. The van der Waals surface area contributed by atoms with E-state index in [0.29, 0.717) is 98.0 Å². The van der Waals surface area contributed by atoms with Crippen LogP contribution in [-0.2, 0) is 91.6 Å².